The minimum absolute atomic E-state index is 0.0399. The first-order valence-corrected chi connectivity index (χ1v) is 11.3. The molecule has 0 aromatic heterocycles. The summed E-state index contributed by atoms with van der Waals surface area (Å²) < 4.78 is 5.49. The number of rotatable bonds is 4. The fourth-order valence-electron chi connectivity index (χ4n) is 3.96. The molecule has 2 heterocycles. The third-order valence-corrected chi connectivity index (χ3v) is 7.12. The molecule has 160 valence electrons. The Labute approximate surface area is 190 Å². The van der Waals surface area contributed by atoms with Crippen LogP contribution in [0.3, 0.4) is 0 Å². The number of fused-ring (bicyclic) bond motifs is 1. The first-order valence-electron chi connectivity index (χ1n) is 9.97. The van der Waals surface area contributed by atoms with Crippen molar-refractivity contribution < 1.29 is 14.6 Å². The maximum Gasteiger partial charge on any atom is 0.229 e. The summed E-state index contributed by atoms with van der Waals surface area (Å²) in [4.78, 5) is 16.9. The van der Waals surface area contributed by atoms with Gasteiger partial charge in [0.25, 0.3) is 0 Å². The molecule has 1 fully saturated rings. The maximum atomic E-state index is 13.1. The minimum Gasteiger partial charge on any atom is -0.504 e. The molecular formula is C23H22ClN3O3S. The van der Waals surface area contributed by atoms with Gasteiger partial charge in [-0.3, -0.25) is 9.69 Å². The smallest absolute Gasteiger partial charge is 0.229 e. The molecule has 8 heteroatoms. The van der Waals surface area contributed by atoms with Crippen LogP contribution in [-0.4, -0.2) is 35.1 Å². The lowest BCUT2D eigenvalue weighted by Gasteiger charge is -2.42. The zero-order valence-corrected chi connectivity index (χ0v) is 18.8. The average Bonchev–Trinajstić information content (AvgIpc) is 2.77. The van der Waals surface area contributed by atoms with Gasteiger partial charge in [0.2, 0.25) is 5.91 Å². The highest BCUT2D eigenvalue weighted by molar-refractivity contribution is 8.03. The van der Waals surface area contributed by atoms with Gasteiger partial charge in [0.05, 0.1) is 35.8 Å². The van der Waals surface area contributed by atoms with E-state index in [4.69, 9.17) is 16.3 Å². The third kappa shape index (κ3) is 3.93. The van der Waals surface area contributed by atoms with Crippen LogP contribution in [-0.2, 0) is 4.79 Å². The fraction of sp³-hybridized carbons (Fsp3) is 0.304. The van der Waals surface area contributed by atoms with E-state index >= 15 is 0 Å². The number of allylic oxidation sites excluding steroid dienone is 1. The van der Waals surface area contributed by atoms with Crippen molar-refractivity contribution in [3.63, 3.8) is 0 Å². The van der Waals surface area contributed by atoms with Crippen LogP contribution in [0, 0.1) is 18.3 Å². The van der Waals surface area contributed by atoms with E-state index < -0.39 is 0 Å². The molecule has 4 rings (SSSR count). The van der Waals surface area contributed by atoms with Gasteiger partial charge in [-0.15, -0.1) is 0 Å². The van der Waals surface area contributed by atoms with Crippen molar-refractivity contribution >= 4 is 35.0 Å². The molecular weight excluding hydrogens is 434 g/mol. The third-order valence-electron chi connectivity index (χ3n) is 5.56. The van der Waals surface area contributed by atoms with Crippen LogP contribution in [0.4, 0.5) is 5.69 Å². The van der Waals surface area contributed by atoms with Crippen molar-refractivity contribution in [3.8, 4) is 17.6 Å². The minimum atomic E-state index is -0.365. The highest BCUT2D eigenvalue weighted by Gasteiger charge is 2.38. The van der Waals surface area contributed by atoms with E-state index in [9.17, 15) is 15.2 Å². The lowest BCUT2D eigenvalue weighted by Crippen LogP contribution is -2.47. The van der Waals surface area contributed by atoms with E-state index in [-0.39, 0.29) is 24.0 Å². The molecule has 1 atom stereocenters. The topological polar surface area (TPSA) is 76.8 Å². The van der Waals surface area contributed by atoms with E-state index in [1.165, 1.54) is 11.8 Å². The molecule has 2 aromatic rings. The van der Waals surface area contributed by atoms with Crippen LogP contribution in [0.15, 0.2) is 47.0 Å². The molecule has 1 amide bonds. The number of nitrogens with zero attached hydrogens (tertiary/aromatic N) is 3. The summed E-state index contributed by atoms with van der Waals surface area (Å²) in [5, 5.41) is 21.4. The van der Waals surface area contributed by atoms with Gasteiger partial charge in [0.15, 0.2) is 11.5 Å². The largest absolute Gasteiger partial charge is 0.504 e. The van der Waals surface area contributed by atoms with Crippen molar-refractivity contribution in [2.45, 2.75) is 26.2 Å². The van der Waals surface area contributed by atoms with Crippen LogP contribution in [0.5, 0.6) is 11.5 Å². The molecule has 31 heavy (non-hydrogen) atoms. The second-order valence-electron chi connectivity index (χ2n) is 7.41. The van der Waals surface area contributed by atoms with Crippen molar-refractivity contribution in [1.29, 1.82) is 5.26 Å². The second-order valence-corrected chi connectivity index (χ2v) is 8.75. The molecule has 1 N–H and O–H groups in total. The van der Waals surface area contributed by atoms with Crippen molar-refractivity contribution in [3.05, 3.63) is 63.1 Å². The van der Waals surface area contributed by atoms with Crippen molar-refractivity contribution in [1.82, 2.24) is 4.90 Å². The van der Waals surface area contributed by atoms with E-state index in [0.717, 1.165) is 16.8 Å². The molecule has 0 unspecified atom stereocenters. The summed E-state index contributed by atoms with van der Waals surface area (Å²) in [7, 11) is 0. The van der Waals surface area contributed by atoms with Crippen LogP contribution in [0.25, 0.3) is 0 Å². The van der Waals surface area contributed by atoms with Crippen LogP contribution < -0.4 is 9.64 Å². The summed E-state index contributed by atoms with van der Waals surface area (Å²) in [5.41, 5.74) is 3.30. The number of phenolic OH excluding ortho intramolecular Hbond substituents is 1. The molecule has 6 nitrogen and oxygen atoms in total. The molecule has 2 aliphatic heterocycles. The van der Waals surface area contributed by atoms with Crippen LogP contribution >= 0.6 is 23.4 Å². The SMILES string of the molecule is CCOc1cc([C@H]2CC(=O)N3CN(c4cccc(Cl)c4C)CSC3=C2C#N)ccc1O. The first kappa shape index (κ1) is 21.4. The number of hydrogen-bond donors (Lipinski definition) is 1. The second kappa shape index (κ2) is 8.74. The normalized spacial score (nSPS) is 18.6. The van der Waals surface area contributed by atoms with Crippen molar-refractivity contribution in [2.75, 3.05) is 24.1 Å². The Bertz CT molecular complexity index is 1110. The number of amides is 1. The summed E-state index contributed by atoms with van der Waals surface area (Å²) in [6, 6.07) is 13.1. The molecule has 0 saturated carbocycles. The van der Waals surface area contributed by atoms with Gasteiger partial charge in [-0.1, -0.05) is 35.5 Å². The maximum absolute atomic E-state index is 13.1. The zero-order valence-electron chi connectivity index (χ0n) is 17.3. The number of benzene rings is 2. The Balaban J connectivity index is 1.68. The van der Waals surface area contributed by atoms with Gasteiger partial charge < -0.3 is 14.7 Å². The number of hydrogen-bond acceptors (Lipinski definition) is 6. The highest BCUT2D eigenvalue weighted by Crippen LogP contribution is 2.45. The van der Waals surface area contributed by atoms with Gasteiger partial charge in [-0.05, 0) is 49.2 Å². The Kier molecular flexibility index (Phi) is 6.03. The number of thioether (sulfide) groups is 1. The van der Waals surface area contributed by atoms with E-state index in [0.29, 0.717) is 40.5 Å². The molecule has 0 spiro atoms. The first-order chi connectivity index (χ1) is 14.9. The number of carbonyl (C=O) groups excluding carboxylic acids is 1. The quantitative estimate of drug-likeness (QED) is 0.701. The zero-order chi connectivity index (χ0) is 22.1. The summed E-state index contributed by atoms with van der Waals surface area (Å²) in [6.07, 6.45) is 0.186. The fourth-order valence-corrected chi connectivity index (χ4v) is 5.28. The lowest BCUT2D eigenvalue weighted by molar-refractivity contribution is -0.129. The summed E-state index contributed by atoms with van der Waals surface area (Å²) in [5.74, 6) is 0.603. The van der Waals surface area contributed by atoms with E-state index in [1.54, 1.807) is 23.1 Å². The number of phenols is 1. The monoisotopic (exact) mass is 455 g/mol. The van der Waals surface area contributed by atoms with Gasteiger partial charge in [0, 0.05) is 23.0 Å². The van der Waals surface area contributed by atoms with E-state index in [1.807, 2.05) is 32.0 Å². The highest BCUT2D eigenvalue weighted by atomic mass is 35.5. The standard InChI is InChI=1S/C23H22ClN3O3S/c1-3-30-21-9-15(7-8-20(21)28)16-10-22(29)27-12-26(13-31-23(27)17(16)11-25)19-6-4-5-18(24)14(19)2/h4-9,16,28H,3,10,12-13H2,1-2H3/t16-/m1/s1. The molecule has 1 saturated heterocycles. The molecule has 2 aromatic carbocycles. The van der Waals surface area contributed by atoms with Crippen LogP contribution in [0.2, 0.25) is 5.02 Å². The molecule has 2 aliphatic rings. The predicted molar refractivity (Wildman–Crippen MR) is 122 cm³/mol. The number of aromatic hydroxyl groups is 1. The number of anilines is 1. The number of halogens is 1. The molecule has 0 radical (unpaired) electrons. The number of nitriles is 1. The van der Waals surface area contributed by atoms with Gasteiger partial charge in [-0.25, -0.2) is 0 Å². The average molecular weight is 456 g/mol. The number of carbonyl (C=O) groups is 1. The van der Waals surface area contributed by atoms with Crippen molar-refractivity contribution in [2.24, 2.45) is 0 Å². The lowest BCUT2D eigenvalue weighted by atomic mass is 9.86. The van der Waals surface area contributed by atoms with Gasteiger partial charge in [0.1, 0.15) is 0 Å². The Morgan fingerprint density at radius 3 is 2.90 bits per heavy atom. The Morgan fingerprint density at radius 1 is 1.35 bits per heavy atom. The summed E-state index contributed by atoms with van der Waals surface area (Å²) in [6.45, 7) is 4.58. The van der Waals surface area contributed by atoms with E-state index in [2.05, 4.69) is 11.0 Å². The molecule has 0 bridgehead atoms. The van der Waals surface area contributed by atoms with Gasteiger partial charge in [-0.2, -0.15) is 5.26 Å². The predicted octanol–water partition coefficient (Wildman–Crippen LogP) is 4.97. The van der Waals surface area contributed by atoms with Crippen LogP contribution in [0.1, 0.15) is 30.4 Å². The number of ether oxygens (including phenoxy) is 1. The summed E-state index contributed by atoms with van der Waals surface area (Å²) >= 11 is 7.77. The Hall–Kier alpha value is -2.82. The van der Waals surface area contributed by atoms with Gasteiger partial charge >= 0.3 is 0 Å². The Morgan fingerprint density at radius 2 is 2.16 bits per heavy atom. The molecule has 0 aliphatic carbocycles.